The minimum atomic E-state index is -0.455. The molecular weight excluding hydrogens is 418 g/mol. The molecule has 0 amide bonds. The van der Waals surface area contributed by atoms with E-state index in [2.05, 4.69) is 72.8 Å². The molecule has 0 fully saturated rings. The molecular formula is C19H23Cl2SiZr-3. The zero-order valence-corrected chi connectivity index (χ0v) is 18.6. The summed E-state index contributed by atoms with van der Waals surface area (Å²) in [7, 11) is 0. The molecule has 0 radical (unpaired) electrons. The number of hydrogen-bond donors (Lipinski definition) is 0. The molecule has 23 heavy (non-hydrogen) atoms. The van der Waals surface area contributed by atoms with Crippen molar-refractivity contribution in [3.63, 3.8) is 0 Å². The van der Waals surface area contributed by atoms with Gasteiger partial charge in [0.25, 0.3) is 0 Å². The fraction of sp³-hybridized carbons (Fsp3) is 0.0526. The fourth-order valence-electron chi connectivity index (χ4n) is 1.72. The second-order valence-electron chi connectivity index (χ2n) is 4.11. The molecule has 0 spiro atoms. The second-order valence-corrected chi connectivity index (χ2v) is 9.70. The van der Waals surface area contributed by atoms with Gasteiger partial charge in [0.05, 0.1) is 0 Å². The molecule has 0 nitrogen and oxygen atoms in total. The quantitative estimate of drug-likeness (QED) is 0.479. The molecule has 0 saturated carbocycles. The van der Waals surface area contributed by atoms with Crippen molar-refractivity contribution in [2.24, 2.45) is 0 Å². The Bertz CT molecular complexity index is 529. The SMILES string of the molecule is Cl.Cl.[C-]1=CC=CC1.[CH3-].[CH3-].[Zr]=[Si](c1ccccc1)c1ccccc1. The summed E-state index contributed by atoms with van der Waals surface area (Å²) < 4.78 is 0. The zero-order valence-electron chi connectivity index (χ0n) is 13.5. The summed E-state index contributed by atoms with van der Waals surface area (Å²) in [4.78, 5) is 0. The molecule has 1 aliphatic rings. The Morgan fingerprint density at radius 1 is 0.783 bits per heavy atom. The van der Waals surface area contributed by atoms with Gasteiger partial charge in [0.15, 0.2) is 0 Å². The molecule has 0 saturated heterocycles. The maximum absolute atomic E-state index is 2.99. The average molecular weight is 442 g/mol. The van der Waals surface area contributed by atoms with Crippen molar-refractivity contribution in [2.75, 3.05) is 0 Å². The van der Waals surface area contributed by atoms with Crippen LogP contribution in [0.15, 0.2) is 78.9 Å². The molecule has 0 aliphatic heterocycles. The van der Waals surface area contributed by atoms with Crippen molar-refractivity contribution in [3.05, 3.63) is 99.8 Å². The Balaban J connectivity index is -0.000000389. The van der Waals surface area contributed by atoms with Crippen LogP contribution < -0.4 is 10.4 Å². The number of hydrogen-bond acceptors (Lipinski definition) is 0. The van der Waals surface area contributed by atoms with Gasteiger partial charge in [-0.15, -0.1) is 31.2 Å². The molecule has 0 bridgehead atoms. The van der Waals surface area contributed by atoms with E-state index in [9.17, 15) is 0 Å². The van der Waals surface area contributed by atoms with Crippen LogP contribution >= 0.6 is 24.8 Å². The third-order valence-electron chi connectivity index (χ3n) is 2.71. The Morgan fingerprint density at radius 3 is 1.48 bits per heavy atom. The van der Waals surface area contributed by atoms with E-state index in [1.54, 1.807) is 23.3 Å². The van der Waals surface area contributed by atoms with Crippen molar-refractivity contribution in [2.45, 2.75) is 6.42 Å². The maximum atomic E-state index is 2.99. The van der Waals surface area contributed by atoms with Crippen LogP contribution in [0.2, 0.25) is 0 Å². The minimum absolute atomic E-state index is 0. The molecule has 2 aromatic carbocycles. The van der Waals surface area contributed by atoms with E-state index in [4.69, 9.17) is 0 Å². The molecule has 0 atom stereocenters. The molecule has 124 valence electrons. The summed E-state index contributed by atoms with van der Waals surface area (Å²) in [6.45, 7) is 0. The predicted octanol–water partition coefficient (Wildman–Crippen LogP) is 4.39. The van der Waals surface area contributed by atoms with Crippen LogP contribution in [0.3, 0.4) is 0 Å². The Labute approximate surface area is 169 Å². The second kappa shape index (κ2) is 16.5. The summed E-state index contributed by atoms with van der Waals surface area (Å²) in [5.41, 5.74) is -0.455. The van der Waals surface area contributed by atoms with Crippen molar-refractivity contribution >= 4 is 40.6 Å². The van der Waals surface area contributed by atoms with Crippen molar-refractivity contribution < 1.29 is 23.3 Å². The van der Waals surface area contributed by atoms with E-state index in [-0.39, 0.29) is 39.7 Å². The van der Waals surface area contributed by atoms with Gasteiger partial charge in [0.1, 0.15) is 0 Å². The topological polar surface area (TPSA) is 0 Å². The molecule has 0 aromatic heterocycles. The Morgan fingerprint density at radius 2 is 1.22 bits per heavy atom. The zero-order chi connectivity index (χ0) is 13.3. The van der Waals surface area contributed by atoms with E-state index in [0.29, 0.717) is 0 Å². The summed E-state index contributed by atoms with van der Waals surface area (Å²) in [5, 5.41) is 3.03. The number of allylic oxidation sites excluding steroid dienone is 4. The number of rotatable bonds is 2. The molecule has 3 rings (SSSR count). The van der Waals surface area contributed by atoms with Crippen LogP contribution in [0, 0.1) is 20.9 Å². The molecule has 0 N–H and O–H groups in total. The summed E-state index contributed by atoms with van der Waals surface area (Å²) >= 11 is 1.64. The van der Waals surface area contributed by atoms with Crippen LogP contribution in [0.25, 0.3) is 0 Å². The summed E-state index contributed by atoms with van der Waals surface area (Å²) in [6.07, 6.45) is 10.0. The van der Waals surface area contributed by atoms with E-state index >= 15 is 0 Å². The fourth-order valence-corrected chi connectivity index (χ4v) is 5.56. The Kier molecular flexibility index (Phi) is 19.6. The van der Waals surface area contributed by atoms with Gasteiger partial charge < -0.3 is 14.9 Å². The first-order chi connectivity index (χ1) is 9.38. The van der Waals surface area contributed by atoms with Crippen LogP contribution in [-0.2, 0) is 23.3 Å². The van der Waals surface area contributed by atoms with Gasteiger partial charge >= 0.3 is 99.8 Å². The van der Waals surface area contributed by atoms with Crippen molar-refractivity contribution in [3.8, 4) is 0 Å². The van der Waals surface area contributed by atoms with Crippen LogP contribution in [0.5, 0.6) is 0 Å². The van der Waals surface area contributed by atoms with Crippen LogP contribution in [0.1, 0.15) is 6.42 Å². The van der Waals surface area contributed by atoms with Gasteiger partial charge in [0, 0.05) is 0 Å². The van der Waals surface area contributed by atoms with Gasteiger partial charge in [-0.2, -0.15) is 6.08 Å². The van der Waals surface area contributed by atoms with Gasteiger partial charge in [-0.1, -0.05) is 0 Å². The van der Waals surface area contributed by atoms with Crippen molar-refractivity contribution in [1.82, 2.24) is 0 Å². The molecule has 2 aromatic rings. The number of benzene rings is 2. The summed E-state index contributed by atoms with van der Waals surface area (Å²) in [6, 6.07) is 21.7. The van der Waals surface area contributed by atoms with E-state index in [1.807, 2.05) is 12.2 Å². The Hall–Kier alpha value is -0.400. The van der Waals surface area contributed by atoms with Crippen molar-refractivity contribution in [1.29, 1.82) is 0 Å². The van der Waals surface area contributed by atoms with Gasteiger partial charge in [-0.25, -0.2) is 12.2 Å². The van der Waals surface area contributed by atoms with E-state index < -0.39 is 5.43 Å². The van der Waals surface area contributed by atoms with Gasteiger partial charge in [-0.05, 0) is 0 Å². The first-order valence-electron chi connectivity index (χ1n) is 6.29. The summed E-state index contributed by atoms with van der Waals surface area (Å²) in [5.74, 6) is 0. The first kappa shape index (κ1) is 27.4. The van der Waals surface area contributed by atoms with Crippen LogP contribution in [0.4, 0.5) is 0 Å². The average Bonchev–Trinajstić information content (AvgIpc) is 3.08. The van der Waals surface area contributed by atoms with E-state index in [1.165, 1.54) is 10.4 Å². The van der Waals surface area contributed by atoms with Crippen LogP contribution in [-0.4, -0.2) is 5.43 Å². The number of halogens is 2. The third-order valence-corrected chi connectivity index (χ3v) is 8.79. The predicted molar refractivity (Wildman–Crippen MR) is 107 cm³/mol. The monoisotopic (exact) mass is 439 g/mol. The molecule has 0 unspecified atom stereocenters. The van der Waals surface area contributed by atoms with E-state index in [0.717, 1.165) is 6.42 Å². The molecule has 0 heterocycles. The van der Waals surface area contributed by atoms with Gasteiger partial charge in [0.2, 0.25) is 0 Å². The molecule has 4 heteroatoms. The third kappa shape index (κ3) is 10.1. The standard InChI is InChI=1S/C12H10Si.C5H5.2CH3.2ClH.Zr/c1-3-7-11(8-4-1)13-12-9-5-2-6-10-12;1-2-4-5-3-1;;;;;/h1-10H;1-3H,4H2;2*1H3;2*1H;/q;3*-1;;;. The normalized spacial score (nSPS) is 9.70. The first-order valence-corrected chi connectivity index (χ1v) is 11.5. The van der Waals surface area contributed by atoms with Gasteiger partial charge in [-0.3, -0.25) is 6.08 Å². The molecule has 1 aliphatic carbocycles.